The average Bonchev–Trinajstić information content (AvgIpc) is 2.84. The smallest absolute Gasteiger partial charge is 0.0991 e. The molecule has 1 N–H and O–H groups in total. The van der Waals surface area contributed by atoms with Crippen LogP contribution in [0.5, 0.6) is 0 Å². The van der Waals surface area contributed by atoms with Crippen molar-refractivity contribution in [3.8, 4) is 6.07 Å². The highest BCUT2D eigenvalue weighted by atomic mass is 15.0. The molecule has 2 nitrogen and oxygen atoms in total. The van der Waals surface area contributed by atoms with Gasteiger partial charge in [0.05, 0.1) is 11.6 Å². The first-order chi connectivity index (χ1) is 7.12. The lowest BCUT2D eigenvalue weighted by Gasteiger charge is -2.06. The monoisotopic (exact) mass is 200 g/mol. The van der Waals surface area contributed by atoms with Crippen LogP contribution in [0.15, 0.2) is 24.3 Å². The summed E-state index contributed by atoms with van der Waals surface area (Å²) in [6.07, 6.45) is 1.27. The van der Waals surface area contributed by atoms with Crippen LogP contribution in [0.2, 0.25) is 0 Å². The Morgan fingerprint density at radius 1 is 1.40 bits per heavy atom. The molecule has 1 fully saturated rings. The third-order valence-corrected chi connectivity index (χ3v) is 3.15. The molecule has 1 atom stereocenters. The first-order valence-electron chi connectivity index (χ1n) is 5.34. The summed E-state index contributed by atoms with van der Waals surface area (Å²) in [6, 6.07) is 10.6. The second-order valence-corrected chi connectivity index (χ2v) is 4.93. The predicted octanol–water partition coefficient (Wildman–Crippen LogP) is 2.45. The molecule has 0 aliphatic heterocycles. The van der Waals surface area contributed by atoms with Crippen molar-refractivity contribution in [2.75, 3.05) is 0 Å². The highest BCUT2D eigenvalue weighted by Crippen LogP contribution is 2.44. The zero-order valence-electron chi connectivity index (χ0n) is 9.25. The number of rotatable bonds is 3. The van der Waals surface area contributed by atoms with Gasteiger partial charge < -0.3 is 5.32 Å². The van der Waals surface area contributed by atoms with Gasteiger partial charge in [-0.05, 0) is 29.5 Å². The van der Waals surface area contributed by atoms with Gasteiger partial charge in [-0.15, -0.1) is 0 Å². The molecule has 0 bridgehead atoms. The van der Waals surface area contributed by atoms with Crippen LogP contribution < -0.4 is 5.32 Å². The van der Waals surface area contributed by atoms with E-state index in [2.05, 4.69) is 25.2 Å². The van der Waals surface area contributed by atoms with E-state index in [9.17, 15) is 0 Å². The van der Waals surface area contributed by atoms with E-state index in [1.54, 1.807) is 0 Å². The van der Waals surface area contributed by atoms with Gasteiger partial charge in [-0.25, -0.2) is 0 Å². The lowest BCUT2D eigenvalue weighted by atomic mass is 10.1. The first kappa shape index (κ1) is 10.2. The minimum absolute atomic E-state index is 0.479. The standard InChI is InChI=1S/C13H16N2/c1-13(2)7-12(13)15-9-11-5-3-10(8-14)4-6-11/h3-6,12,15H,7,9H2,1-2H3. The molecule has 2 heteroatoms. The molecule has 1 aromatic carbocycles. The van der Waals surface area contributed by atoms with Gasteiger partial charge in [0, 0.05) is 12.6 Å². The first-order valence-corrected chi connectivity index (χ1v) is 5.34. The van der Waals surface area contributed by atoms with Gasteiger partial charge in [-0.2, -0.15) is 5.26 Å². The van der Waals surface area contributed by atoms with Crippen LogP contribution in [0.3, 0.4) is 0 Å². The SMILES string of the molecule is CC1(C)CC1NCc1ccc(C#N)cc1. The van der Waals surface area contributed by atoms with Gasteiger partial charge in [-0.3, -0.25) is 0 Å². The zero-order chi connectivity index (χ0) is 10.9. The van der Waals surface area contributed by atoms with E-state index < -0.39 is 0 Å². The van der Waals surface area contributed by atoms with E-state index >= 15 is 0 Å². The van der Waals surface area contributed by atoms with Gasteiger partial charge in [0.15, 0.2) is 0 Å². The fourth-order valence-corrected chi connectivity index (χ4v) is 1.75. The minimum Gasteiger partial charge on any atom is -0.309 e. The maximum Gasteiger partial charge on any atom is 0.0991 e. The lowest BCUT2D eigenvalue weighted by Crippen LogP contribution is -2.19. The highest BCUT2D eigenvalue weighted by Gasteiger charge is 2.44. The lowest BCUT2D eigenvalue weighted by molar-refractivity contribution is 0.542. The number of hydrogen-bond acceptors (Lipinski definition) is 2. The molecule has 15 heavy (non-hydrogen) atoms. The maximum absolute atomic E-state index is 8.66. The number of nitriles is 1. The fraction of sp³-hybridized carbons (Fsp3) is 0.462. The number of nitrogens with zero attached hydrogens (tertiary/aromatic N) is 1. The second kappa shape index (κ2) is 3.67. The van der Waals surface area contributed by atoms with Gasteiger partial charge >= 0.3 is 0 Å². The Morgan fingerprint density at radius 3 is 2.47 bits per heavy atom. The molecule has 78 valence electrons. The normalized spacial score (nSPS) is 22.1. The summed E-state index contributed by atoms with van der Waals surface area (Å²) in [7, 11) is 0. The Balaban J connectivity index is 1.87. The number of benzene rings is 1. The van der Waals surface area contributed by atoms with Gasteiger partial charge in [0.25, 0.3) is 0 Å². The van der Waals surface area contributed by atoms with Crippen LogP contribution in [-0.4, -0.2) is 6.04 Å². The van der Waals surface area contributed by atoms with E-state index in [4.69, 9.17) is 5.26 Å². The Bertz CT molecular complexity index is 384. The van der Waals surface area contributed by atoms with Crippen molar-refractivity contribution in [1.82, 2.24) is 5.32 Å². The number of hydrogen-bond donors (Lipinski definition) is 1. The Labute approximate surface area is 90.9 Å². The second-order valence-electron chi connectivity index (χ2n) is 4.93. The van der Waals surface area contributed by atoms with Crippen molar-refractivity contribution in [2.45, 2.75) is 32.9 Å². The fourth-order valence-electron chi connectivity index (χ4n) is 1.75. The third kappa shape index (κ3) is 2.37. The van der Waals surface area contributed by atoms with Crippen LogP contribution in [0, 0.1) is 16.7 Å². The van der Waals surface area contributed by atoms with E-state index in [0.29, 0.717) is 11.5 Å². The summed E-state index contributed by atoms with van der Waals surface area (Å²) in [4.78, 5) is 0. The quantitative estimate of drug-likeness (QED) is 0.813. The molecule has 1 unspecified atom stereocenters. The topological polar surface area (TPSA) is 35.8 Å². The molecule has 2 rings (SSSR count). The van der Waals surface area contributed by atoms with Crippen molar-refractivity contribution in [1.29, 1.82) is 5.26 Å². The summed E-state index contributed by atoms with van der Waals surface area (Å²) in [5.74, 6) is 0. The molecular formula is C13H16N2. The van der Waals surface area contributed by atoms with E-state index in [-0.39, 0.29) is 0 Å². The Kier molecular flexibility index (Phi) is 2.50. The van der Waals surface area contributed by atoms with Gasteiger partial charge in [0.2, 0.25) is 0 Å². The Morgan fingerprint density at radius 2 is 2.00 bits per heavy atom. The van der Waals surface area contributed by atoms with Gasteiger partial charge in [0.1, 0.15) is 0 Å². The van der Waals surface area contributed by atoms with E-state index in [0.717, 1.165) is 12.1 Å². The van der Waals surface area contributed by atoms with Crippen molar-refractivity contribution in [3.05, 3.63) is 35.4 Å². The summed E-state index contributed by atoms with van der Waals surface area (Å²) < 4.78 is 0. The third-order valence-electron chi connectivity index (χ3n) is 3.15. The summed E-state index contributed by atoms with van der Waals surface area (Å²) in [5, 5.41) is 12.2. The van der Waals surface area contributed by atoms with Crippen LogP contribution >= 0.6 is 0 Å². The summed E-state index contributed by atoms with van der Waals surface area (Å²) in [6.45, 7) is 5.46. The highest BCUT2D eigenvalue weighted by molar-refractivity contribution is 5.31. The molecule has 1 aliphatic rings. The van der Waals surface area contributed by atoms with E-state index in [1.807, 2.05) is 24.3 Å². The van der Waals surface area contributed by atoms with Crippen LogP contribution in [0.4, 0.5) is 0 Å². The molecule has 1 saturated carbocycles. The zero-order valence-corrected chi connectivity index (χ0v) is 9.25. The van der Waals surface area contributed by atoms with Gasteiger partial charge in [-0.1, -0.05) is 26.0 Å². The van der Waals surface area contributed by atoms with Crippen LogP contribution in [0.1, 0.15) is 31.4 Å². The molecule has 0 spiro atoms. The van der Waals surface area contributed by atoms with Crippen LogP contribution in [0.25, 0.3) is 0 Å². The number of nitrogens with one attached hydrogen (secondary N) is 1. The maximum atomic E-state index is 8.66. The molecule has 0 radical (unpaired) electrons. The van der Waals surface area contributed by atoms with Crippen molar-refractivity contribution in [3.63, 3.8) is 0 Å². The Hall–Kier alpha value is -1.33. The van der Waals surface area contributed by atoms with E-state index in [1.165, 1.54) is 12.0 Å². The molecular weight excluding hydrogens is 184 g/mol. The molecule has 0 aromatic heterocycles. The summed E-state index contributed by atoms with van der Waals surface area (Å²) in [5.41, 5.74) is 2.45. The average molecular weight is 200 g/mol. The van der Waals surface area contributed by atoms with Crippen molar-refractivity contribution < 1.29 is 0 Å². The van der Waals surface area contributed by atoms with Crippen molar-refractivity contribution >= 4 is 0 Å². The summed E-state index contributed by atoms with van der Waals surface area (Å²) >= 11 is 0. The molecule has 1 aliphatic carbocycles. The molecule has 1 aromatic rings. The van der Waals surface area contributed by atoms with Crippen molar-refractivity contribution in [2.24, 2.45) is 5.41 Å². The largest absolute Gasteiger partial charge is 0.309 e. The molecule has 0 amide bonds. The predicted molar refractivity (Wildman–Crippen MR) is 60.2 cm³/mol. The molecule has 0 saturated heterocycles. The minimum atomic E-state index is 0.479. The van der Waals surface area contributed by atoms with Crippen LogP contribution in [-0.2, 0) is 6.54 Å². The molecule has 0 heterocycles.